The zero-order chi connectivity index (χ0) is 31.8. The Kier molecular flexibility index (Phi) is 23.7. The topological polar surface area (TPSA) is 75.6 Å². The van der Waals surface area contributed by atoms with E-state index < -0.39 is 7.60 Å². The Morgan fingerprint density at radius 3 is 1.62 bits per heavy atom. The highest BCUT2D eigenvalue weighted by Gasteiger charge is 2.23. The van der Waals surface area contributed by atoms with Crippen molar-refractivity contribution in [3.8, 4) is 0 Å². The van der Waals surface area contributed by atoms with Crippen molar-refractivity contribution in [3.05, 3.63) is 58.2 Å². The van der Waals surface area contributed by atoms with Gasteiger partial charge in [-0.05, 0) is 112 Å². The number of carbonyl (C=O) groups excluding carboxylic acids is 1. The lowest BCUT2D eigenvalue weighted by molar-refractivity contribution is -0.121. The van der Waals surface area contributed by atoms with E-state index in [4.69, 9.17) is 4.52 Å². The first-order valence-corrected chi connectivity index (χ1v) is 18.0. The minimum atomic E-state index is -3.45. The molecule has 0 aliphatic heterocycles. The second-order valence-electron chi connectivity index (χ2n) is 12.4. The van der Waals surface area contributed by atoms with Gasteiger partial charge in [0.15, 0.2) is 0 Å². The fraction of sp³-hybridized carbons (Fsp3) is 0.694. The summed E-state index contributed by atoms with van der Waals surface area (Å²) >= 11 is 0. The van der Waals surface area contributed by atoms with Gasteiger partial charge in [-0.1, -0.05) is 84.9 Å². The molecule has 0 aliphatic rings. The Labute approximate surface area is 259 Å². The number of rotatable bonds is 24. The molecule has 0 aliphatic carbocycles. The summed E-state index contributed by atoms with van der Waals surface area (Å²) in [5.74, 6) is 0.106. The first kappa shape index (κ1) is 40.3. The molecule has 5 nitrogen and oxygen atoms in total. The van der Waals surface area contributed by atoms with Crippen molar-refractivity contribution in [1.82, 2.24) is 5.32 Å². The Morgan fingerprint density at radius 1 is 0.667 bits per heavy atom. The van der Waals surface area contributed by atoms with Crippen LogP contribution in [0, 0.1) is 0 Å². The third-order valence-electron chi connectivity index (χ3n) is 7.37. The number of amides is 1. The zero-order valence-corrected chi connectivity index (χ0v) is 29.3. The van der Waals surface area contributed by atoms with E-state index in [2.05, 4.69) is 77.2 Å². The van der Waals surface area contributed by atoms with Crippen LogP contribution in [-0.2, 0) is 13.9 Å². The number of hydrogen-bond donors (Lipinski definition) is 2. The van der Waals surface area contributed by atoms with Gasteiger partial charge in [0.25, 0.3) is 0 Å². The molecular weight excluding hydrogens is 541 g/mol. The molecule has 1 atom stereocenters. The molecule has 6 heteroatoms. The van der Waals surface area contributed by atoms with E-state index >= 15 is 0 Å². The Bertz CT molecular complexity index is 951. The molecule has 0 aromatic rings. The maximum atomic E-state index is 12.1. The molecule has 0 saturated heterocycles. The predicted octanol–water partition coefficient (Wildman–Crippen LogP) is 10.9. The molecule has 0 spiro atoms. The van der Waals surface area contributed by atoms with E-state index in [0.29, 0.717) is 19.6 Å². The van der Waals surface area contributed by atoms with Crippen molar-refractivity contribution in [2.45, 2.75) is 151 Å². The molecule has 42 heavy (non-hydrogen) atoms. The smallest absolute Gasteiger partial charge is 0.330 e. The quantitative estimate of drug-likeness (QED) is 0.0652. The molecule has 0 fully saturated rings. The van der Waals surface area contributed by atoms with Gasteiger partial charge in [0.05, 0.1) is 12.3 Å². The van der Waals surface area contributed by atoms with Gasteiger partial charge in [0.1, 0.15) is 0 Å². The van der Waals surface area contributed by atoms with Gasteiger partial charge in [-0.25, -0.2) is 0 Å². The first-order chi connectivity index (χ1) is 19.8. The summed E-state index contributed by atoms with van der Waals surface area (Å²) in [6.07, 6.45) is 25.6. The predicted molar refractivity (Wildman–Crippen MR) is 183 cm³/mol. The second kappa shape index (κ2) is 24.7. The summed E-state index contributed by atoms with van der Waals surface area (Å²) in [5.41, 5.74) is 6.74. The Balaban J connectivity index is 3.96. The standard InChI is InChI=1S/C36H64NO4P/c1-30(2)18-15-21-34(7)24-16-22-32(5)19-11-12-20-33(6)23-17-25-35(8)26-27-36(38)37-28-13-9-10-14-29-41-42(39,40)31(3)4/h18-20,24-25,31H,9-17,21-23,26-29H2,1-8H3,(H,37,38)(H,39,40)/b32-19+,33-20+,34-24+,35-25+. The van der Waals surface area contributed by atoms with Crippen LogP contribution >= 0.6 is 7.60 Å². The normalized spacial score (nSPS) is 14.7. The molecular formula is C36H64NO4P. The molecule has 1 amide bonds. The minimum Gasteiger partial charge on any atom is -0.356 e. The molecule has 0 saturated carbocycles. The largest absolute Gasteiger partial charge is 0.356 e. The maximum Gasteiger partial charge on any atom is 0.330 e. The highest BCUT2D eigenvalue weighted by Crippen LogP contribution is 2.47. The fourth-order valence-corrected chi connectivity index (χ4v) is 4.99. The van der Waals surface area contributed by atoms with Crippen LogP contribution in [0.2, 0.25) is 0 Å². The maximum absolute atomic E-state index is 12.1. The van der Waals surface area contributed by atoms with Crippen molar-refractivity contribution in [3.63, 3.8) is 0 Å². The third-order valence-corrected chi connectivity index (χ3v) is 9.23. The zero-order valence-electron chi connectivity index (χ0n) is 28.4. The number of nitrogens with one attached hydrogen (secondary N) is 1. The molecule has 1 unspecified atom stereocenters. The van der Waals surface area contributed by atoms with E-state index in [1.807, 2.05) is 0 Å². The molecule has 0 rings (SSSR count). The summed E-state index contributed by atoms with van der Waals surface area (Å²) in [7, 11) is -3.45. The summed E-state index contributed by atoms with van der Waals surface area (Å²) in [5, 5.41) is 3.01. The van der Waals surface area contributed by atoms with Crippen LogP contribution < -0.4 is 5.32 Å². The summed E-state index contributed by atoms with van der Waals surface area (Å²) in [4.78, 5) is 21.8. The van der Waals surface area contributed by atoms with Crippen LogP contribution in [-0.4, -0.2) is 29.6 Å². The van der Waals surface area contributed by atoms with Gasteiger partial charge in [0, 0.05) is 13.0 Å². The number of hydrogen-bond acceptors (Lipinski definition) is 3. The summed E-state index contributed by atoms with van der Waals surface area (Å²) in [6, 6.07) is 0. The molecule has 2 N–H and O–H groups in total. The minimum absolute atomic E-state index is 0.106. The van der Waals surface area contributed by atoms with Crippen molar-refractivity contribution in [2.24, 2.45) is 0 Å². The lowest BCUT2D eigenvalue weighted by Gasteiger charge is -2.15. The van der Waals surface area contributed by atoms with Crippen LogP contribution in [0.5, 0.6) is 0 Å². The van der Waals surface area contributed by atoms with Gasteiger partial charge < -0.3 is 14.7 Å². The summed E-state index contributed by atoms with van der Waals surface area (Å²) in [6.45, 7) is 17.5. The average Bonchev–Trinajstić information content (AvgIpc) is 2.91. The van der Waals surface area contributed by atoms with E-state index in [1.165, 1.54) is 34.3 Å². The van der Waals surface area contributed by atoms with Gasteiger partial charge in [-0.2, -0.15) is 0 Å². The second-order valence-corrected chi connectivity index (χ2v) is 14.9. The molecule has 0 bridgehead atoms. The van der Waals surface area contributed by atoms with Gasteiger partial charge in [0.2, 0.25) is 5.91 Å². The molecule has 0 radical (unpaired) electrons. The van der Waals surface area contributed by atoms with E-state index in [1.54, 1.807) is 13.8 Å². The average molecular weight is 606 g/mol. The number of unbranched alkanes of at least 4 members (excludes halogenated alkanes) is 4. The first-order valence-electron chi connectivity index (χ1n) is 16.3. The van der Waals surface area contributed by atoms with Crippen LogP contribution in [0.25, 0.3) is 0 Å². The highest BCUT2D eigenvalue weighted by molar-refractivity contribution is 7.53. The molecule has 0 aromatic carbocycles. The lowest BCUT2D eigenvalue weighted by Crippen LogP contribution is -2.24. The molecule has 242 valence electrons. The molecule has 0 aromatic heterocycles. The third kappa shape index (κ3) is 24.9. The van der Waals surface area contributed by atoms with Gasteiger partial charge in [-0.15, -0.1) is 0 Å². The Hall–Kier alpha value is -1.68. The highest BCUT2D eigenvalue weighted by atomic mass is 31.2. The van der Waals surface area contributed by atoms with Crippen LogP contribution in [0.3, 0.4) is 0 Å². The van der Waals surface area contributed by atoms with Crippen molar-refractivity contribution < 1.29 is 18.8 Å². The summed E-state index contributed by atoms with van der Waals surface area (Å²) < 4.78 is 16.8. The van der Waals surface area contributed by atoms with Crippen molar-refractivity contribution in [1.29, 1.82) is 0 Å². The van der Waals surface area contributed by atoms with Gasteiger partial charge in [-0.3, -0.25) is 9.36 Å². The van der Waals surface area contributed by atoms with Crippen LogP contribution in [0.1, 0.15) is 145 Å². The number of carbonyl (C=O) groups is 1. The van der Waals surface area contributed by atoms with Crippen molar-refractivity contribution >= 4 is 13.5 Å². The van der Waals surface area contributed by atoms with Crippen LogP contribution in [0.15, 0.2) is 58.2 Å². The number of allylic oxidation sites excluding steroid dienone is 10. The van der Waals surface area contributed by atoms with E-state index in [-0.39, 0.29) is 11.6 Å². The van der Waals surface area contributed by atoms with Gasteiger partial charge >= 0.3 is 7.60 Å². The van der Waals surface area contributed by atoms with Crippen LogP contribution in [0.4, 0.5) is 0 Å². The lowest BCUT2D eigenvalue weighted by atomic mass is 10.0. The Morgan fingerprint density at radius 2 is 1.12 bits per heavy atom. The molecule has 0 heterocycles. The SMILES string of the molecule is CC(C)=CCC/C(C)=C/CC/C(C)=C/CC/C=C(\C)CC/C=C(\C)CCC(=O)NCCCCCCOP(=O)(O)C(C)C. The fourth-order valence-electron chi connectivity index (χ4n) is 4.30. The monoisotopic (exact) mass is 605 g/mol. The van der Waals surface area contributed by atoms with Crippen molar-refractivity contribution in [2.75, 3.05) is 13.2 Å². The van der Waals surface area contributed by atoms with E-state index in [9.17, 15) is 14.3 Å². The van der Waals surface area contributed by atoms with E-state index in [0.717, 1.165) is 77.0 Å².